The van der Waals surface area contributed by atoms with E-state index in [0.29, 0.717) is 12.3 Å². The first-order valence-electron chi connectivity index (χ1n) is 10.1. The molecule has 2 aliphatic carbocycles. The number of hydrogen-bond donors (Lipinski definition) is 3. The minimum Gasteiger partial charge on any atom is -0.351 e. The second kappa shape index (κ2) is 8.52. The Morgan fingerprint density at radius 3 is 2.64 bits per heavy atom. The van der Waals surface area contributed by atoms with E-state index in [1.54, 1.807) is 0 Å². The van der Waals surface area contributed by atoms with Crippen LogP contribution in [-0.2, 0) is 21.5 Å². The molecule has 2 atom stereocenters. The molecule has 0 spiro atoms. The summed E-state index contributed by atoms with van der Waals surface area (Å²) in [6.07, 6.45) is 6.58. The lowest BCUT2D eigenvalue weighted by molar-refractivity contribution is -0.132. The van der Waals surface area contributed by atoms with Gasteiger partial charge >= 0.3 is 6.03 Å². The van der Waals surface area contributed by atoms with Gasteiger partial charge in [0.1, 0.15) is 0 Å². The molecule has 7 heteroatoms. The minimum absolute atomic E-state index is 0.0611. The van der Waals surface area contributed by atoms with E-state index < -0.39 is 23.4 Å². The molecule has 0 radical (unpaired) electrons. The number of nitrogens with two attached hydrogens (primary N) is 1. The highest BCUT2D eigenvalue weighted by molar-refractivity contribution is 6.31. The van der Waals surface area contributed by atoms with Gasteiger partial charge in [0.25, 0.3) is 0 Å². The Hall–Kier alpha value is -2.08. The third-order valence-electron chi connectivity index (χ3n) is 6.33. The van der Waals surface area contributed by atoms with Gasteiger partial charge < -0.3 is 11.1 Å². The Bertz CT molecular complexity index is 776. The molecule has 4 N–H and O–H groups in total. The summed E-state index contributed by atoms with van der Waals surface area (Å²) in [6.45, 7) is 1.86. The summed E-state index contributed by atoms with van der Waals surface area (Å²) >= 11 is 6.44. The van der Waals surface area contributed by atoms with Crippen LogP contribution in [0.5, 0.6) is 0 Å². The van der Waals surface area contributed by atoms with E-state index in [1.165, 1.54) is 0 Å². The van der Waals surface area contributed by atoms with Crippen LogP contribution < -0.4 is 16.4 Å². The summed E-state index contributed by atoms with van der Waals surface area (Å²) in [6, 6.07) is 5.02. The van der Waals surface area contributed by atoms with Crippen molar-refractivity contribution in [1.82, 2.24) is 10.6 Å². The molecule has 28 heavy (non-hydrogen) atoms. The number of imide groups is 1. The van der Waals surface area contributed by atoms with Crippen LogP contribution in [0.4, 0.5) is 4.79 Å². The van der Waals surface area contributed by atoms with Crippen LogP contribution in [0.2, 0.25) is 5.02 Å². The van der Waals surface area contributed by atoms with Gasteiger partial charge in [0.2, 0.25) is 11.8 Å². The van der Waals surface area contributed by atoms with Crippen LogP contribution in [-0.4, -0.2) is 17.8 Å². The SMILES string of the molecule is CCC(CC(=O)NC(N)=O)C(=O)NC1(C2CCCC2)CCc2c(Cl)cccc21. The van der Waals surface area contributed by atoms with Gasteiger partial charge in [0.15, 0.2) is 0 Å². The second-order valence-corrected chi connectivity index (χ2v) is 8.34. The zero-order valence-electron chi connectivity index (χ0n) is 16.2. The number of hydrogen-bond acceptors (Lipinski definition) is 3. The molecule has 3 rings (SSSR count). The van der Waals surface area contributed by atoms with Gasteiger partial charge in [-0.2, -0.15) is 0 Å². The van der Waals surface area contributed by atoms with Crippen molar-refractivity contribution in [2.75, 3.05) is 0 Å². The molecule has 1 aromatic carbocycles. The number of primary amides is 1. The molecule has 1 fully saturated rings. The molecule has 0 bridgehead atoms. The molecule has 1 saturated carbocycles. The normalized spacial score (nSPS) is 22.5. The highest BCUT2D eigenvalue weighted by atomic mass is 35.5. The summed E-state index contributed by atoms with van der Waals surface area (Å²) in [7, 11) is 0. The lowest BCUT2D eigenvalue weighted by Gasteiger charge is -2.39. The summed E-state index contributed by atoms with van der Waals surface area (Å²) in [5.41, 5.74) is 6.82. The lowest BCUT2D eigenvalue weighted by Crippen LogP contribution is -2.51. The van der Waals surface area contributed by atoms with Gasteiger partial charge in [-0.05, 0) is 55.2 Å². The van der Waals surface area contributed by atoms with E-state index in [2.05, 4.69) is 11.4 Å². The molecule has 2 aliphatic rings. The Balaban J connectivity index is 1.85. The molecule has 0 aromatic heterocycles. The molecule has 152 valence electrons. The van der Waals surface area contributed by atoms with Crippen molar-refractivity contribution < 1.29 is 14.4 Å². The molecule has 2 unspecified atom stereocenters. The third-order valence-corrected chi connectivity index (χ3v) is 6.68. The van der Waals surface area contributed by atoms with Crippen molar-refractivity contribution in [1.29, 1.82) is 0 Å². The van der Waals surface area contributed by atoms with Crippen LogP contribution in [0.3, 0.4) is 0 Å². The first-order chi connectivity index (χ1) is 13.4. The Labute approximate surface area is 170 Å². The first kappa shape index (κ1) is 20.6. The number of halogens is 1. The molecule has 0 aliphatic heterocycles. The number of carbonyl (C=O) groups is 3. The number of carbonyl (C=O) groups excluding carboxylic acids is 3. The maximum absolute atomic E-state index is 13.2. The van der Waals surface area contributed by atoms with E-state index in [0.717, 1.165) is 54.7 Å². The van der Waals surface area contributed by atoms with Gasteiger partial charge in [-0.3, -0.25) is 14.9 Å². The summed E-state index contributed by atoms with van der Waals surface area (Å²) < 4.78 is 0. The maximum atomic E-state index is 13.2. The fraction of sp³-hybridized carbons (Fsp3) is 0.571. The van der Waals surface area contributed by atoms with E-state index in [9.17, 15) is 14.4 Å². The van der Waals surface area contributed by atoms with Gasteiger partial charge in [-0.25, -0.2) is 4.79 Å². The van der Waals surface area contributed by atoms with Crippen LogP contribution in [0.25, 0.3) is 0 Å². The molecule has 0 saturated heterocycles. The van der Waals surface area contributed by atoms with Crippen LogP contribution in [0.1, 0.15) is 63.0 Å². The topological polar surface area (TPSA) is 101 Å². The highest BCUT2D eigenvalue weighted by Gasteiger charge is 2.48. The number of nitrogens with one attached hydrogen (secondary N) is 2. The van der Waals surface area contributed by atoms with Gasteiger partial charge in [-0.15, -0.1) is 0 Å². The van der Waals surface area contributed by atoms with Crippen molar-refractivity contribution >= 4 is 29.4 Å². The van der Waals surface area contributed by atoms with Crippen LogP contribution in [0.15, 0.2) is 18.2 Å². The van der Waals surface area contributed by atoms with Crippen LogP contribution in [0, 0.1) is 11.8 Å². The lowest BCUT2D eigenvalue weighted by atomic mass is 9.77. The van der Waals surface area contributed by atoms with Crippen molar-refractivity contribution in [2.45, 2.75) is 63.8 Å². The number of urea groups is 1. The molecule has 1 aromatic rings. The fourth-order valence-corrected chi connectivity index (χ4v) is 5.19. The molecular formula is C21H28ClN3O3. The van der Waals surface area contributed by atoms with Crippen molar-refractivity contribution in [2.24, 2.45) is 17.6 Å². The monoisotopic (exact) mass is 405 g/mol. The standard InChI is InChI=1S/C21H28ClN3O3/c1-2-13(12-18(26)24-20(23)28)19(27)25-21(14-6-3-4-7-14)11-10-15-16(21)8-5-9-17(15)22/h5,8-9,13-14H,2-4,6-7,10-12H2,1H3,(H,25,27)(H3,23,24,26,28). The Morgan fingerprint density at radius 2 is 2.00 bits per heavy atom. The smallest absolute Gasteiger partial charge is 0.318 e. The zero-order valence-corrected chi connectivity index (χ0v) is 17.0. The summed E-state index contributed by atoms with van der Waals surface area (Å²) in [5.74, 6) is -0.824. The maximum Gasteiger partial charge on any atom is 0.318 e. The third kappa shape index (κ3) is 4.02. The van der Waals surface area contributed by atoms with Gasteiger partial charge in [0.05, 0.1) is 5.54 Å². The zero-order chi connectivity index (χ0) is 20.3. The number of fused-ring (bicyclic) bond motifs is 1. The van der Waals surface area contributed by atoms with Crippen LogP contribution >= 0.6 is 11.6 Å². The van der Waals surface area contributed by atoms with Gasteiger partial charge in [-0.1, -0.05) is 43.5 Å². The predicted molar refractivity (Wildman–Crippen MR) is 108 cm³/mol. The highest BCUT2D eigenvalue weighted by Crippen LogP contribution is 2.50. The quantitative estimate of drug-likeness (QED) is 0.675. The fourth-order valence-electron chi connectivity index (χ4n) is 4.92. The molecule has 4 amide bonds. The first-order valence-corrected chi connectivity index (χ1v) is 10.4. The number of benzene rings is 1. The van der Waals surface area contributed by atoms with E-state index in [1.807, 2.05) is 24.4 Å². The molecule has 0 heterocycles. The average molecular weight is 406 g/mol. The summed E-state index contributed by atoms with van der Waals surface area (Å²) in [4.78, 5) is 36.0. The number of rotatable bonds is 6. The van der Waals surface area contributed by atoms with Crippen molar-refractivity contribution in [3.05, 3.63) is 34.3 Å². The van der Waals surface area contributed by atoms with E-state index in [4.69, 9.17) is 17.3 Å². The van der Waals surface area contributed by atoms with Crippen molar-refractivity contribution in [3.63, 3.8) is 0 Å². The van der Waals surface area contributed by atoms with E-state index in [-0.39, 0.29) is 12.3 Å². The molecule has 6 nitrogen and oxygen atoms in total. The average Bonchev–Trinajstić information content (AvgIpc) is 3.29. The van der Waals surface area contributed by atoms with Crippen molar-refractivity contribution in [3.8, 4) is 0 Å². The second-order valence-electron chi connectivity index (χ2n) is 7.93. The molecular weight excluding hydrogens is 378 g/mol. The predicted octanol–water partition coefficient (Wildman–Crippen LogP) is 3.40. The van der Waals surface area contributed by atoms with E-state index >= 15 is 0 Å². The largest absolute Gasteiger partial charge is 0.351 e. The number of amides is 4. The Morgan fingerprint density at radius 1 is 1.29 bits per heavy atom. The van der Waals surface area contributed by atoms with Gasteiger partial charge in [0, 0.05) is 17.4 Å². The summed E-state index contributed by atoms with van der Waals surface area (Å²) in [5, 5.41) is 6.13. The minimum atomic E-state index is -0.901. The Kier molecular flexibility index (Phi) is 6.28.